The Morgan fingerprint density at radius 2 is 2.12 bits per heavy atom. The third kappa shape index (κ3) is 1.86. The van der Waals surface area contributed by atoms with E-state index in [2.05, 4.69) is 5.73 Å². The average molecular weight is 158 g/mol. The Balaban J connectivity index is 3.91. The van der Waals surface area contributed by atoms with Gasteiger partial charge in [0.1, 0.15) is 0 Å². The highest BCUT2D eigenvalue weighted by molar-refractivity contribution is 6.58. The van der Waals surface area contributed by atoms with Crippen LogP contribution < -0.4 is 5.73 Å². The third-order valence-corrected chi connectivity index (χ3v) is 1.17. The molecule has 1 amide bonds. The summed E-state index contributed by atoms with van der Waals surface area (Å²) in [5, 5.41) is 8.20. The molecule has 0 aliphatic carbocycles. The minimum absolute atomic E-state index is 0.661. The van der Waals surface area contributed by atoms with E-state index in [1.165, 1.54) is 0 Å². The van der Waals surface area contributed by atoms with Gasteiger partial charge in [0.2, 0.25) is 4.33 Å². The fourth-order valence-corrected chi connectivity index (χ4v) is 0.0779. The Hall–Kier alpha value is 0.01000. The number of primary amides is 1. The minimum Gasteiger partial charge on any atom is -0.393 e. The summed E-state index contributed by atoms with van der Waals surface area (Å²) in [6.45, 7) is -0.661. The average Bonchev–Trinajstić information content (AvgIpc) is 1.67. The van der Waals surface area contributed by atoms with E-state index in [1.807, 2.05) is 0 Å². The van der Waals surface area contributed by atoms with Crippen LogP contribution in [0, 0.1) is 0 Å². The SMILES string of the molecule is NC(=O)C(Cl)(Cl)CO. The summed E-state index contributed by atoms with van der Waals surface area (Å²) in [5.41, 5.74) is 4.62. The molecule has 0 saturated heterocycles. The number of nitrogens with two attached hydrogens (primary N) is 1. The van der Waals surface area contributed by atoms with Gasteiger partial charge in [-0.1, -0.05) is 23.2 Å². The molecule has 3 N–H and O–H groups in total. The fourth-order valence-electron chi connectivity index (χ4n) is 0.0779. The van der Waals surface area contributed by atoms with Crippen molar-refractivity contribution in [3.05, 3.63) is 0 Å². The van der Waals surface area contributed by atoms with E-state index in [-0.39, 0.29) is 0 Å². The molecular weight excluding hydrogens is 153 g/mol. The zero-order valence-corrected chi connectivity index (χ0v) is 5.41. The van der Waals surface area contributed by atoms with Crippen molar-refractivity contribution >= 4 is 29.1 Å². The molecule has 0 spiro atoms. The molecule has 3 nitrogen and oxygen atoms in total. The second-order valence-corrected chi connectivity index (χ2v) is 2.71. The van der Waals surface area contributed by atoms with Crippen LogP contribution in [0.2, 0.25) is 0 Å². The Morgan fingerprint density at radius 1 is 1.75 bits per heavy atom. The lowest BCUT2D eigenvalue weighted by Crippen LogP contribution is -2.36. The van der Waals surface area contributed by atoms with Crippen molar-refractivity contribution in [2.45, 2.75) is 4.33 Å². The van der Waals surface area contributed by atoms with E-state index in [4.69, 9.17) is 28.3 Å². The summed E-state index contributed by atoms with van der Waals surface area (Å²) < 4.78 is -1.82. The van der Waals surface area contributed by atoms with E-state index in [0.29, 0.717) is 0 Å². The monoisotopic (exact) mass is 157 g/mol. The quantitative estimate of drug-likeness (QED) is 0.539. The van der Waals surface area contributed by atoms with Gasteiger partial charge >= 0.3 is 0 Å². The first-order valence-corrected chi connectivity index (χ1v) is 2.55. The maximum Gasteiger partial charge on any atom is 0.256 e. The van der Waals surface area contributed by atoms with Gasteiger partial charge in [0, 0.05) is 0 Å². The molecule has 0 bridgehead atoms. The van der Waals surface area contributed by atoms with Crippen LogP contribution in [0.4, 0.5) is 0 Å². The number of carbonyl (C=O) groups excluding carboxylic acids is 1. The lowest BCUT2D eigenvalue weighted by Gasteiger charge is -2.09. The Kier molecular flexibility index (Phi) is 2.53. The highest BCUT2D eigenvalue weighted by Crippen LogP contribution is 2.17. The van der Waals surface area contributed by atoms with E-state index in [9.17, 15) is 4.79 Å². The lowest BCUT2D eigenvalue weighted by atomic mass is 10.4. The van der Waals surface area contributed by atoms with E-state index in [1.54, 1.807) is 0 Å². The van der Waals surface area contributed by atoms with Gasteiger partial charge in [0.15, 0.2) is 0 Å². The Bertz CT molecular complexity index is 103. The zero-order chi connectivity index (χ0) is 6.78. The fraction of sp³-hybridized carbons (Fsp3) is 0.667. The van der Waals surface area contributed by atoms with E-state index < -0.39 is 16.8 Å². The van der Waals surface area contributed by atoms with Crippen LogP contribution in [-0.4, -0.2) is 22.0 Å². The minimum atomic E-state index is -1.82. The zero-order valence-electron chi connectivity index (χ0n) is 3.90. The smallest absolute Gasteiger partial charge is 0.256 e. The number of amides is 1. The van der Waals surface area contributed by atoms with Crippen LogP contribution in [0.25, 0.3) is 0 Å². The first-order chi connectivity index (χ1) is 3.50. The normalized spacial score (nSPS) is 11.4. The topological polar surface area (TPSA) is 63.3 Å². The number of carbonyl (C=O) groups is 1. The van der Waals surface area contributed by atoms with Crippen molar-refractivity contribution in [2.24, 2.45) is 5.73 Å². The van der Waals surface area contributed by atoms with Gasteiger partial charge in [-0.2, -0.15) is 0 Å². The van der Waals surface area contributed by atoms with Crippen LogP contribution in [0.5, 0.6) is 0 Å². The summed E-state index contributed by atoms with van der Waals surface area (Å²) in [4.78, 5) is 10.1. The van der Waals surface area contributed by atoms with Crippen molar-refractivity contribution < 1.29 is 9.90 Å². The molecule has 0 aliphatic heterocycles. The van der Waals surface area contributed by atoms with E-state index >= 15 is 0 Å². The maximum absolute atomic E-state index is 10.1. The van der Waals surface area contributed by atoms with Crippen molar-refractivity contribution in [2.75, 3.05) is 6.61 Å². The molecule has 0 unspecified atom stereocenters. The molecule has 5 heteroatoms. The molecule has 8 heavy (non-hydrogen) atoms. The van der Waals surface area contributed by atoms with Crippen LogP contribution in [-0.2, 0) is 4.79 Å². The molecule has 0 aromatic carbocycles. The number of hydrogen-bond donors (Lipinski definition) is 2. The highest BCUT2D eigenvalue weighted by Gasteiger charge is 2.29. The molecule has 0 aromatic heterocycles. The van der Waals surface area contributed by atoms with Crippen molar-refractivity contribution in [1.29, 1.82) is 0 Å². The second kappa shape index (κ2) is 2.53. The lowest BCUT2D eigenvalue weighted by molar-refractivity contribution is -0.119. The molecular formula is C3H5Cl2NO2. The number of halogens is 2. The van der Waals surface area contributed by atoms with Crippen LogP contribution in [0.1, 0.15) is 0 Å². The summed E-state index contributed by atoms with van der Waals surface area (Å²) in [6.07, 6.45) is 0. The summed E-state index contributed by atoms with van der Waals surface area (Å²) >= 11 is 10.2. The van der Waals surface area contributed by atoms with E-state index in [0.717, 1.165) is 0 Å². The third-order valence-electron chi connectivity index (χ3n) is 0.559. The molecule has 0 heterocycles. The molecule has 0 fully saturated rings. The molecule has 0 atom stereocenters. The van der Waals surface area contributed by atoms with Crippen LogP contribution >= 0.6 is 23.2 Å². The standard InChI is InChI=1S/C3H5Cl2NO2/c4-3(5,1-7)2(6)8/h7H,1H2,(H2,6,8). The molecule has 0 radical (unpaired) electrons. The van der Waals surface area contributed by atoms with Crippen LogP contribution in [0.3, 0.4) is 0 Å². The Morgan fingerprint density at radius 3 is 2.12 bits per heavy atom. The van der Waals surface area contributed by atoms with Gasteiger partial charge in [0.05, 0.1) is 6.61 Å². The number of aliphatic hydroxyl groups is 1. The predicted octanol–water partition coefficient (Wildman–Crippen LogP) is -0.362. The number of alkyl halides is 2. The van der Waals surface area contributed by atoms with Gasteiger partial charge in [-0.05, 0) is 0 Å². The molecule has 0 rings (SSSR count). The molecule has 0 aliphatic rings. The van der Waals surface area contributed by atoms with Crippen molar-refractivity contribution in [3.63, 3.8) is 0 Å². The second-order valence-electron chi connectivity index (χ2n) is 1.23. The maximum atomic E-state index is 10.1. The molecule has 0 saturated carbocycles. The summed E-state index contributed by atoms with van der Waals surface area (Å²) in [5.74, 6) is -0.941. The first-order valence-electron chi connectivity index (χ1n) is 1.79. The van der Waals surface area contributed by atoms with Gasteiger partial charge in [-0.3, -0.25) is 4.79 Å². The number of rotatable bonds is 2. The van der Waals surface area contributed by atoms with Crippen molar-refractivity contribution in [1.82, 2.24) is 0 Å². The molecule has 0 aromatic rings. The van der Waals surface area contributed by atoms with Gasteiger partial charge < -0.3 is 10.8 Å². The summed E-state index contributed by atoms with van der Waals surface area (Å²) in [7, 11) is 0. The van der Waals surface area contributed by atoms with Gasteiger partial charge in [-0.25, -0.2) is 0 Å². The first kappa shape index (κ1) is 8.01. The largest absolute Gasteiger partial charge is 0.393 e. The predicted molar refractivity (Wildman–Crippen MR) is 30.7 cm³/mol. The van der Waals surface area contributed by atoms with Gasteiger partial charge in [0.25, 0.3) is 5.91 Å². The van der Waals surface area contributed by atoms with Crippen molar-refractivity contribution in [3.8, 4) is 0 Å². The van der Waals surface area contributed by atoms with Gasteiger partial charge in [-0.15, -0.1) is 0 Å². The number of aliphatic hydroxyl groups excluding tert-OH is 1. The summed E-state index contributed by atoms with van der Waals surface area (Å²) in [6, 6.07) is 0. The molecule has 48 valence electrons. The number of hydrogen-bond acceptors (Lipinski definition) is 2. The Labute approximate surface area is 56.4 Å². The highest BCUT2D eigenvalue weighted by atomic mass is 35.5. The van der Waals surface area contributed by atoms with Crippen LogP contribution in [0.15, 0.2) is 0 Å².